The van der Waals surface area contributed by atoms with Gasteiger partial charge in [-0.2, -0.15) is 0 Å². The Morgan fingerprint density at radius 3 is 1.47 bits per heavy atom. The zero-order valence-corrected chi connectivity index (χ0v) is 10.2. The second kappa shape index (κ2) is 13.5. The van der Waals surface area contributed by atoms with Gasteiger partial charge in [-0.25, -0.2) is 0 Å². The maximum Gasteiger partial charge on any atom is -0.0353 e. The van der Waals surface area contributed by atoms with Crippen molar-refractivity contribution in [3.63, 3.8) is 0 Å². The molecule has 0 rings (SSSR count). The Morgan fingerprint density at radius 1 is 0.533 bits per heavy atom. The number of unbranched alkanes of at least 4 members (excludes halogenated alkanes) is 10. The molecule has 15 heavy (non-hydrogen) atoms. The average Bonchev–Trinajstić information content (AvgIpc) is 2.26. The third-order valence-electron chi connectivity index (χ3n) is 2.63. The number of hydrogen-bond acceptors (Lipinski definition) is 0. The molecule has 0 bridgehead atoms. The highest BCUT2D eigenvalue weighted by Gasteiger charge is 1.91. The summed E-state index contributed by atoms with van der Waals surface area (Å²) in [4.78, 5) is 0. The van der Waals surface area contributed by atoms with Crippen LogP contribution < -0.4 is 0 Å². The molecule has 1 radical (unpaired) electrons. The summed E-state index contributed by atoms with van der Waals surface area (Å²) in [5, 5.41) is 0. The first-order chi connectivity index (χ1) is 7.41. The van der Waals surface area contributed by atoms with E-state index in [4.69, 9.17) is 0 Å². The molecule has 0 saturated heterocycles. The van der Waals surface area contributed by atoms with Crippen LogP contribution in [0.4, 0.5) is 0 Å². The molecular formula is C15H27. The monoisotopic (exact) mass is 207 g/mol. The van der Waals surface area contributed by atoms with Crippen molar-refractivity contribution in [1.29, 1.82) is 0 Å². The Bertz CT molecular complexity index is 119. The van der Waals surface area contributed by atoms with Crippen molar-refractivity contribution in [2.75, 3.05) is 0 Å². The molecule has 0 spiro atoms. The van der Waals surface area contributed by atoms with Gasteiger partial charge in [-0.15, -0.1) is 13.2 Å². The van der Waals surface area contributed by atoms with Crippen molar-refractivity contribution in [3.05, 3.63) is 31.7 Å². The summed E-state index contributed by atoms with van der Waals surface area (Å²) >= 11 is 0. The highest BCUT2D eigenvalue weighted by atomic mass is 14.0. The molecule has 0 heteroatoms. The molecule has 0 aliphatic carbocycles. The van der Waals surface area contributed by atoms with Crippen LogP contribution in [0.2, 0.25) is 0 Å². The van der Waals surface area contributed by atoms with E-state index in [9.17, 15) is 0 Å². The van der Waals surface area contributed by atoms with E-state index in [-0.39, 0.29) is 0 Å². The molecule has 0 saturated carbocycles. The predicted octanol–water partition coefficient (Wildman–Crippen LogP) is 5.46. The van der Waals surface area contributed by atoms with E-state index in [1.54, 1.807) is 0 Å². The lowest BCUT2D eigenvalue weighted by Gasteiger charge is -2.00. The van der Waals surface area contributed by atoms with E-state index in [1.165, 1.54) is 64.2 Å². The lowest BCUT2D eigenvalue weighted by molar-refractivity contribution is 0.624. The minimum atomic E-state index is 1.18. The first-order valence-corrected chi connectivity index (χ1v) is 6.45. The van der Waals surface area contributed by atoms with Gasteiger partial charge in [-0.05, 0) is 32.1 Å². The Kier molecular flexibility index (Phi) is 13.0. The third-order valence-corrected chi connectivity index (χ3v) is 2.63. The topological polar surface area (TPSA) is 0 Å². The summed E-state index contributed by atoms with van der Waals surface area (Å²) in [5.41, 5.74) is 0. The molecule has 0 unspecified atom stereocenters. The van der Waals surface area contributed by atoms with Crippen LogP contribution in [0.5, 0.6) is 0 Å². The molecule has 0 fully saturated rings. The maximum atomic E-state index is 3.73. The van der Waals surface area contributed by atoms with E-state index in [1.807, 2.05) is 12.2 Å². The summed E-state index contributed by atoms with van der Waals surface area (Å²) < 4.78 is 0. The average molecular weight is 207 g/mol. The molecule has 0 heterocycles. The van der Waals surface area contributed by atoms with Crippen LogP contribution in [-0.2, 0) is 0 Å². The van der Waals surface area contributed by atoms with Crippen molar-refractivity contribution in [2.45, 2.75) is 64.2 Å². The van der Waals surface area contributed by atoms with Gasteiger partial charge in [0, 0.05) is 0 Å². The summed E-state index contributed by atoms with van der Waals surface area (Å²) in [6.07, 6.45) is 19.5. The van der Waals surface area contributed by atoms with E-state index < -0.39 is 0 Å². The van der Waals surface area contributed by atoms with Crippen molar-refractivity contribution in [1.82, 2.24) is 0 Å². The summed E-state index contributed by atoms with van der Waals surface area (Å²) in [6.45, 7) is 7.46. The zero-order chi connectivity index (χ0) is 11.2. The van der Waals surface area contributed by atoms with Crippen molar-refractivity contribution < 1.29 is 0 Å². The number of hydrogen-bond donors (Lipinski definition) is 0. The fourth-order valence-electron chi connectivity index (χ4n) is 1.65. The third kappa shape index (κ3) is 13.5. The van der Waals surface area contributed by atoms with Gasteiger partial charge in [0.1, 0.15) is 0 Å². The molecule has 0 aromatic heterocycles. The highest BCUT2D eigenvalue weighted by Crippen LogP contribution is 2.10. The number of rotatable bonds is 12. The van der Waals surface area contributed by atoms with Gasteiger partial charge < -0.3 is 0 Å². The van der Waals surface area contributed by atoms with Gasteiger partial charge in [-0.3, -0.25) is 0 Å². The fourth-order valence-corrected chi connectivity index (χ4v) is 1.65. The summed E-state index contributed by atoms with van der Waals surface area (Å²) in [6, 6.07) is 0. The van der Waals surface area contributed by atoms with Crippen LogP contribution in [0.3, 0.4) is 0 Å². The van der Waals surface area contributed by atoms with Crippen LogP contribution in [0.25, 0.3) is 0 Å². The molecular weight excluding hydrogens is 180 g/mol. The molecule has 0 aromatic rings. The SMILES string of the molecule is C=CCCCC[CH]CCCCCCC=C. The quantitative estimate of drug-likeness (QED) is 0.294. The Hall–Kier alpha value is -0.520. The first kappa shape index (κ1) is 14.5. The van der Waals surface area contributed by atoms with E-state index in [0.717, 1.165) is 0 Å². The molecule has 0 aliphatic rings. The predicted molar refractivity (Wildman–Crippen MR) is 70.9 cm³/mol. The van der Waals surface area contributed by atoms with Crippen molar-refractivity contribution in [2.24, 2.45) is 0 Å². The minimum Gasteiger partial charge on any atom is -0.103 e. The second-order valence-corrected chi connectivity index (χ2v) is 4.14. The maximum absolute atomic E-state index is 3.73. The molecule has 0 amide bonds. The second-order valence-electron chi connectivity index (χ2n) is 4.14. The first-order valence-electron chi connectivity index (χ1n) is 6.45. The molecule has 0 aromatic carbocycles. The zero-order valence-electron chi connectivity index (χ0n) is 10.2. The van der Waals surface area contributed by atoms with Crippen molar-refractivity contribution >= 4 is 0 Å². The van der Waals surface area contributed by atoms with Crippen LogP contribution in [-0.4, -0.2) is 0 Å². The largest absolute Gasteiger partial charge is 0.103 e. The van der Waals surface area contributed by atoms with Gasteiger partial charge >= 0.3 is 0 Å². The molecule has 0 atom stereocenters. The Morgan fingerprint density at radius 2 is 0.933 bits per heavy atom. The Balaban J connectivity index is 2.86. The van der Waals surface area contributed by atoms with Gasteiger partial charge in [-0.1, -0.05) is 50.7 Å². The number of allylic oxidation sites excluding steroid dienone is 2. The molecule has 0 N–H and O–H groups in total. The summed E-state index contributed by atoms with van der Waals surface area (Å²) in [7, 11) is 0. The normalized spacial score (nSPS) is 10.1. The van der Waals surface area contributed by atoms with Gasteiger partial charge in [0.15, 0.2) is 0 Å². The molecule has 87 valence electrons. The molecule has 0 aliphatic heterocycles. The van der Waals surface area contributed by atoms with Crippen LogP contribution in [0.15, 0.2) is 25.3 Å². The van der Waals surface area contributed by atoms with E-state index in [0.29, 0.717) is 0 Å². The Labute approximate surface area is 96.5 Å². The van der Waals surface area contributed by atoms with Crippen molar-refractivity contribution in [3.8, 4) is 0 Å². The standard InChI is InChI=1S/C15H27/c1-3-5-7-9-11-13-15-14-12-10-8-6-4-2/h3-4,13H,1-2,5-12,14-15H2. The van der Waals surface area contributed by atoms with Gasteiger partial charge in [0.25, 0.3) is 0 Å². The lowest BCUT2D eigenvalue weighted by atomic mass is 10.1. The van der Waals surface area contributed by atoms with E-state index in [2.05, 4.69) is 19.6 Å². The smallest absolute Gasteiger partial charge is 0.0353 e. The highest BCUT2D eigenvalue weighted by molar-refractivity contribution is 4.69. The van der Waals surface area contributed by atoms with Crippen LogP contribution in [0.1, 0.15) is 64.2 Å². The van der Waals surface area contributed by atoms with E-state index >= 15 is 0 Å². The minimum absolute atomic E-state index is 1.18. The lowest BCUT2D eigenvalue weighted by Crippen LogP contribution is -1.82. The van der Waals surface area contributed by atoms with Gasteiger partial charge in [0.05, 0.1) is 0 Å². The van der Waals surface area contributed by atoms with Gasteiger partial charge in [0.2, 0.25) is 0 Å². The fraction of sp³-hybridized carbons (Fsp3) is 0.667. The van der Waals surface area contributed by atoms with Crippen LogP contribution >= 0.6 is 0 Å². The van der Waals surface area contributed by atoms with Crippen LogP contribution in [0, 0.1) is 6.42 Å². The summed E-state index contributed by atoms with van der Waals surface area (Å²) in [5.74, 6) is 0. The molecule has 0 nitrogen and oxygen atoms in total.